The van der Waals surface area contributed by atoms with Gasteiger partial charge >= 0.3 is 5.97 Å². The molecule has 81 valence electrons. The molecule has 5 nitrogen and oxygen atoms in total. The maximum absolute atomic E-state index is 11.5. The van der Waals surface area contributed by atoms with Crippen LogP contribution in [0.5, 0.6) is 0 Å². The van der Waals surface area contributed by atoms with Crippen molar-refractivity contribution in [1.29, 1.82) is 0 Å². The molecule has 0 spiro atoms. The number of allylic oxidation sites excluding steroid dienone is 2. The van der Waals surface area contributed by atoms with Crippen LogP contribution in [0.4, 0.5) is 0 Å². The molecule has 0 aromatic rings. The van der Waals surface area contributed by atoms with Crippen LogP contribution in [0.2, 0.25) is 0 Å². The molecule has 0 N–H and O–H groups in total. The molecule has 0 unspecified atom stereocenters. The molecular weight excluding hydrogens is 210 g/mol. The lowest BCUT2D eigenvalue weighted by atomic mass is 10.1. The first-order valence-electron chi connectivity index (χ1n) is 4.72. The van der Waals surface area contributed by atoms with Crippen molar-refractivity contribution in [3.63, 3.8) is 0 Å². The van der Waals surface area contributed by atoms with Crippen LogP contribution in [0.25, 0.3) is 0 Å². The van der Waals surface area contributed by atoms with Crippen molar-refractivity contribution in [3.05, 3.63) is 36.0 Å². The number of amides is 2. The minimum atomic E-state index is -0.724. The number of imide groups is 1. The van der Waals surface area contributed by atoms with Gasteiger partial charge in [0.2, 0.25) is 0 Å². The van der Waals surface area contributed by atoms with Crippen molar-refractivity contribution in [1.82, 2.24) is 5.06 Å². The molecule has 1 aliphatic heterocycles. The molecule has 1 fully saturated rings. The van der Waals surface area contributed by atoms with Gasteiger partial charge in [0.05, 0.1) is 0 Å². The van der Waals surface area contributed by atoms with E-state index in [1.807, 2.05) is 0 Å². The second-order valence-electron chi connectivity index (χ2n) is 3.25. The fourth-order valence-corrected chi connectivity index (χ4v) is 1.32. The molecule has 2 amide bonds. The number of hydrogen-bond donors (Lipinski definition) is 0. The van der Waals surface area contributed by atoms with Crippen molar-refractivity contribution in [3.8, 4) is 0 Å². The molecule has 16 heavy (non-hydrogen) atoms. The Hall–Kier alpha value is -2.13. The lowest BCUT2D eigenvalue weighted by Crippen LogP contribution is -2.32. The van der Waals surface area contributed by atoms with Gasteiger partial charge in [-0.3, -0.25) is 9.59 Å². The highest BCUT2D eigenvalue weighted by Crippen LogP contribution is 2.15. The normalized spacial score (nSPS) is 19.0. The fraction of sp³-hybridized carbons (Fsp3) is 0.182. The summed E-state index contributed by atoms with van der Waals surface area (Å²) >= 11 is 0. The van der Waals surface area contributed by atoms with Gasteiger partial charge in [-0.1, -0.05) is 0 Å². The number of nitrogens with zero attached hydrogens (tertiary/aromatic N) is 1. The molecule has 0 saturated carbocycles. The van der Waals surface area contributed by atoms with E-state index in [0.29, 0.717) is 5.06 Å². The Bertz CT molecular complexity index is 439. The summed E-state index contributed by atoms with van der Waals surface area (Å²) < 4.78 is 0. The summed E-state index contributed by atoms with van der Waals surface area (Å²) in [7, 11) is 0. The number of carbonyl (C=O) groups is 3. The van der Waals surface area contributed by atoms with E-state index < -0.39 is 17.8 Å². The molecule has 1 saturated heterocycles. The highest BCUT2D eigenvalue weighted by atomic mass is 16.7. The molecule has 0 bridgehead atoms. The minimum absolute atomic E-state index is 0.0919. The monoisotopic (exact) mass is 218 g/mol. The summed E-state index contributed by atoms with van der Waals surface area (Å²) in [6, 6.07) is 0. The summed E-state index contributed by atoms with van der Waals surface area (Å²) in [5, 5.41) is 0.527. The van der Waals surface area contributed by atoms with Crippen LogP contribution in [0.3, 0.4) is 0 Å². The van der Waals surface area contributed by atoms with Gasteiger partial charge in [0, 0.05) is 24.8 Å². The molecule has 2 aliphatic rings. The smallest absolute Gasteiger partial charge is 0.325 e. The quantitative estimate of drug-likeness (QED) is 0.498. The van der Waals surface area contributed by atoms with E-state index in [-0.39, 0.29) is 18.4 Å². The first kappa shape index (κ1) is 10.4. The molecule has 0 aromatic carbocycles. The first-order valence-corrected chi connectivity index (χ1v) is 4.72. The molecule has 1 heterocycles. The summed E-state index contributed by atoms with van der Waals surface area (Å²) in [6.07, 6.45) is 6.26. The van der Waals surface area contributed by atoms with Crippen molar-refractivity contribution in [2.75, 3.05) is 0 Å². The Morgan fingerprint density at radius 3 is 2.50 bits per heavy atom. The number of rotatable bonds is 2. The van der Waals surface area contributed by atoms with E-state index in [9.17, 15) is 14.4 Å². The van der Waals surface area contributed by atoms with Gasteiger partial charge in [-0.15, -0.1) is 10.8 Å². The van der Waals surface area contributed by atoms with Gasteiger partial charge in [0.25, 0.3) is 11.8 Å². The zero-order valence-electron chi connectivity index (χ0n) is 8.30. The van der Waals surface area contributed by atoms with E-state index in [1.165, 1.54) is 12.5 Å². The average molecular weight is 218 g/mol. The van der Waals surface area contributed by atoms with E-state index in [4.69, 9.17) is 4.84 Å². The van der Waals surface area contributed by atoms with Crippen LogP contribution in [0.1, 0.15) is 12.8 Å². The van der Waals surface area contributed by atoms with Gasteiger partial charge in [-0.05, 0) is 18.2 Å². The number of hydroxylamine groups is 2. The Balaban J connectivity index is 2.02. The third-order valence-corrected chi connectivity index (χ3v) is 2.13. The van der Waals surface area contributed by atoms with Crippen molar-refractivity contribution >= 4 is 17.8 Å². The molecule has 1 radical (unpaired) electrons. The average Bonchev–Trinajstić information content (AvgIpc) is 2.62. The lowest BCUT2D eigenvalue weighted by molar-refractivity contribution is -0.194. The number of carbonyl (C=O) groups excluding carboxylic acids is 3. The van der Waals surface area contributed by atoms with Gasteiger partial charge in [-0.25, -0.2) is 4.79 Å². The standard InChI is InChI=1S/C11H8NO4/c13-9-6-7-10(14)12(9)16-11(15)8-4-2-1-3-5-8/h2-5H,6-7H2. The van der Waals surface area contributed by atoms with Crippen LogP contribution in [0, 0.1) is 6.42 Å². The number of hydrogen-bond acceptors (Lipinski definition) is 4. The van der Waals surface area contributed by atoms with Crippen LogP contribution >= 0.6 is 0 Å². The highest BCUT2D eigenvalue weighted by Gasteiger charge is 2.33. The first-order chi connectivity index (χ1) is 7.68. The largest absolute Gasteiger partial charge is 0.360 e. The molecule has 1 aliphatic carbocycles. The third-order valence-electron chi connectivity index (χ3n) is 2.13. The lowest BCUT2D eigenvalue weighted by Gasteiger charge is -2.13. The van der Waals surface area contributed by atoms with Crippen LogP contribution in [-0.4, -0.2) is 22.8 Å². The zero-order valence-corrected chi connectivity index (χ0v) is 8.30. The SMILES string of the molecule is O=C(ON1C(=O)CCC1=O)C1=CC=C=C[CH]1. The second kappa shape index (κ2) is 4.16. The highest BCUT2D eigenvalue weighted by molar-refractivity contribution is 6.03. The predicted octanol–water partition coefficient (Wildman–Crippen LogP) is 0.449. The van der Waals surface area contributed by atoms with Crippen molar-refractivity contribution in [2.24, 2.45) is 0 Å². The van der Waals surface area contributed by atoms with Crippen LogP contribution in [-0.2, 0) is 19.2 Å². The van der Waals surface area contributed by atoms with E-state index >= 15 is 0 Å². The fourth-order valence-electron chi connectivity index (χ4n) is 1.32. The van der Waals surface area contributed by atoms with Gasteiger partial charge in [-0.2, -0.15) is 0 Å². The summed E-state index contributed by atoms with van der Waals surface area (Å²) in [4.78, 5) is 38.6. The van der Waals surface area contributed by atoms with Gasteiger partial charge in [0.15, 0.2) is 0 Å². The topological polar surface area (TPSA) is 63.7 Å². The molecular formula is C11H8NO4. The van der Waals surface area contributed by atoms with E-state index in [0.717, 1.165) is 0 Å². The summed E-state index contributed by atoms with van der Waals surface area (Å²) in [5.41, 5.74) is 3.01. The Morgan fingerprint density at radius 2 is 1.94 bits per heavy atom. The van der Waals surface area contributed by atoms with Gasteiger partial charge in [0.1, 0.15) is 0 Å². The minimum Gasteiger partial charge on any atom is -0.325 e. The molecule has 5 heteroatoms. The van der Waals surface area contributed by atoms with Crippen molar-refractivity contribution < 1.29 is 19.2 Å². The van der Waals surface area contributed by atoms with E-state index in [2.05, 4.69) is 5.73 Å². The summed E-state index contributed by atoms with van der Waals surface area (Å²) in [6.45, 7) is 0. The van der Waals surface area contributed by atoms with Crippen LogP contribution < -0.4 is 0 Å². The summed E-state index contributed by atoms with van der Waals surface area (Å²) in [5.74, 6) is -1.70. The predicted molar refractivity (Wildman–Crippen MR) is 52.2 cm³/mol. The molecule has 0 aromatic heterocycles. The molecule has 2 rings (SSSR count). The zero-order chi connectivity index (χ0) is 11.5. The van der Waals surface area contributed by atoms with Crippen LogP contribution in [0.15, 0.2) is 29.5 Å². The Morgan fingerprint density at radius 1 is 1.25 bits per heavy atom. The maximum Gasteiger partial charge on any atom is 0.360 e. The Labute approximate surface area is 91.6 Å². The Kier molecular flexibility index (Phi) is 2.70. The molecule has 0 atom stereocenters. The second-order valence-corrected chi connectivity index (χ2v) is 3.25. The van der Waals surface area contributed by atoms with Crippen molar-refractivity contribution in [2.45, 2.75) is 12.8 Å². The maximum atomic E-state index is 11.5. The van der Waals surface area contributed by atoms with E-state index in [1.54, 1.807) is 12.2 Å². The third kappa shape index (κ3) is 1.94. The van der Waals surface area contributed by atoms with Gasteiger partial charge < -0.3 is 4.84 Å².